The highest BCUT2D eigenvalue weighted by Gasteiger charge is 2.09. The zero-order chi connectivity index (χ0) is 20.6. The van der Waals surface area contributed by atoms with Crippen molar-refractivity contribution in [3.8, 4) is 11.8 Å². The van der Waals surface area contributed by atoms with E-state index in [0.717, 1.165) is 17.7 Å². The van der Waals surface area contributed by atoms with E-state index in [1.54, 1.807) is 18.6 Å². The number of anilines is 1. The first-order valence-corrected chi connectivity index (χ1v) is 9.78. The van der Waals surface area contributed by atoms with Gasteiger partial charge in [0, 0.05) is 31.5 Å². The van der Waals surface area contributed by atoms with Crippen molar-refractivity contribution in [2.75, 3.05) is 5.32 Å². The van der Waals surface area contributed by atoms with Crippen LogP contribution < -0.4 is 5.32 Å². The Morgan fingerprint density at radius 3 is 2.76 bits per heavy atom. The summed E-state index contributed by atoms with van der Waals surface area (Å²) >= 11 is 0. The van der Waals surface area contributed by atoms with E-state index in [1.165, 1.54) is 11.1 Å². The van der Waals surface area contributed by atoms with Crippen molar-refractivity contribution >= 4 is 11.6 Å². The number of nitrogens with one attached hydrogen (secondary N) is 1. The molecule has 0 bridgehead atoms. The van der Waals surface area contributed by atoms with Crippen LogP contribution in [-0.2, 0) is 6.42 Å². The summed E-state index contributed by atoms with van der Waals surface area (Å²) < 4.78 is 0. The molecule has 1 amide bonds. The van der Waals surface area contributed by atoms with Gasteiger partial charge < -0.3 is 5.32 Å². The van der Waals surface area contributed by atoms with Crippen LogP contribution in [0.3, 0.4) is 0 Å². The number of amides is 1. The first-order valence-electron chi connectivity index (χ1n) is 9.78. The molecular weight excluding hydrogens is 358 g/mol. The zero-order valence-corrected chi connectivity index (χ0v) is 17.1. The van der Waals surface area contributed by atoms with Crippen molar-refractivity contribution in [3.05, 3.63) is 89.0 Å². The lowest BCUT2D eigenvalue weighted by molar-refractivity contribution is 0.102. The third kappa shape index (κ3) is 5.76. The number of rotatable bonds is 5. The van der Waals surface area contributed by atoms with Gasteiger partial charge in [0.1, 0.15) is 5.69 Å². The number of carbonyl (C=O) groups is 1. The number of benzene rings is 2. The Balaban J connectivity index is 0.00000320. The van der Waals surface area contributed by atoms with Gasteiger partial charge in [-0.1, -0.05) is 38.0 Å². The second-order valence-corrected chi connectivity index (χ2v) is 7.27. The highest BCUT2D eigenvalue weighted by molar-refractivity contribution is 6.04. The van der Waals surface area contributed by atoms with Crippen molar-refractivity contribution in [3.63, 3.8) is 0 Å². The lowest BCUT2D eigenvalue weighted by Crippen LogP contribution is -2.12. The van der Waals surface area contributed by atoms with Gasteiger partial charge in [0.25, 0.3) is 5.91 Å². The molecule has 29 heavy (non-hydrogen) atoms. The molecule has 1 heterocycles. The molecule has 0 aliphatic carbocycles. The highest BCUT2D eigenvalue weighted by atomic mass is 16.1. The summed E-state index contributed by atoms with van der Waals surface area (Å²) in [5.74, 6) is 6.47. The summed E-state index contributed by atoms with van der Waals surface area (Å²) in [4.78, 5) is 20.8. The van der Waals surface area contributed by atoms with Gasteiger partial charge in [-0.25, -0.2) is 4.98 Å². The van der Waals surface area contributed by atoms with Gasteiger partial charge in [0.2, 0.25) is 0 Å². The summed E-state index contributed by atoms with van der Waals surface area (Å²) in [6.07, 6.45) is 6.37. The van der Waals surface area contributed by atoms with Gasteiger partial charge in [0.05, 0.1) is 6.20 Å². The van der Waals surface area contributed by atoms with Crippen LogP contribution in [0.15, 0.2) is 61.1 Å². The van der Waals surface area contributed by atoms with Crippen molar-refractivity contribution < 1.29 is 6.22 Å². The molecule has 0 radical (unpaired) electrons. The van der Waals surface area contributed by atoms with Crippen LogP contribution in [0.2, 0.25) is 0 Å². The Bertz CT molecular complexity index is 1050. The molecule has 0 spiro atoms. The first-order chi connectivity index (χ1) is 14.0. The summed E-state index contributed by atoms with van der Waals surface area (Å²) in [5, 5.41) is 3.00. The fraction of sp³-hybridized carbons (Fsp3) is 0.240. The Labute approximate surface area is 173 Å². The molecule has 1 N–H and O–H groups in total. The van der Waals surface area contributed by atoms with Crippen LogP contribution in [0, 0.1) is 18.8 Å². The van der Waals surface area contributed by atoms with E-state index in [0.29, 0.717) is 23.6 Å². The Morgan fingerprint density at radius 1 is 1.17 bits per heavy atom. The first kappa shape index (κ1) is 20.3. The van der Waals surface area contributed by atoms with Gasteiger partial charge in [-0.3, -0.25) is 9.78 Å². The van der Waals surface area contributed by atoms with E-state index >= 15 is 0 Å². The predicted octanol–water partition coefficient (Wildman–Crippen LogP) is 5.39. The van der Waals surface area contributed by atoms with Crippen LogP contribution in [0.4, 0.5) is 5.69 Å². The number of hydrogen-bond acceptors (Lipinski definition) is 3. The average molecular weight is 386 g/mol. The minimum Gasteiger partial charge on any atom is -0.322 e. The normalized spacial score (nSPS) is 10.3. The molecule has 3 aromatic rings. The third-order valence-corrected chi connectivity index (χ3v) is 4.66. The van der Waals surface area contributed by atoms with E-state index in [-0.39, 0.29) is 7.33 Å². The standard InChI is InChI=1S/C25H25N3O.H2/c1-18(2)24-12-11-22(15-19(24)3)28-25(29)21-9-6-8-20(16-21)7-4-5-10-23-17-26-13-14-27-23;/h6,8-9,11-18H,4,7H2,1-3H3,(H,28,29);1H. The van der Waals surface area contributed by atoms with E-state index in [1.807, 2.05) is 36.4 Å². The van der Waals surface area contributed by atoms with Crippen molar-refractivity contribution in [1.29, 1.82) is 0 Å². The molecule has 3 rings (SSSR count). The average Bonchev–Trinajstić information content (AvgIpc) is 2.72. The topological polar surface area (TPSA) is 54.9 Å². The van der Waals surface area contributed by atoms with E-state index in [4.69, 9.17) is 0 Å². The van der Waals surface area contributed by atoms with Crippen molar-refractivity contribution in [2.45, 2.75) is 39.5 Å². The second-order valence-electron chi connectivity index (χ2n) is 7.27. The molecule has 0 aliphatic heterocycles. The smallest absolute Gasteiger partial charge is 0.255 e. The fourth-order valence-electron chi connectivity index (χ4n) is 3.20. The zero-order valence-electron chi connectivity index (χ0n) is 17.1. The maximum Gasteiger partial charge on any atom is 0.255 e. The largest absolute Gasteiger partial charge is 0.322 e. The summed E-state index contributed by atoms with van der Waals surface area (Å²) in [7, 11) is 0. The molecule has 0 saturated heterocycles. The maximum atomic E-state index is 12.7. The molecule has 0 atom stereocenters. The Morgan fingerprint density at radius 2 is 2.03 bits per heavy atom. The number of nitrogens with zero attached hydrogens (tertiary/aromatic N) is 2. The van der Waals surface area contributed by atoms with Gasteiger partial charge >= 0.3 is 0 Å². The molecule has 4 nitrogen and oxygen atoms in total. The number of hydrogen-bond donors (Lipinski definition) is 1. The maximum absolute atomic E-state index is 12.7. The number of aromatic nitrogens is 2. The number of aryl methyl sites for hydroxylation is 2. The van der Waals surface area contributed by atoms with Crippen molar-refractivity contribution in [1.82, 2.24) is 9.97 Å². The molecule has 0 aliphatic rings. The van der Waals surface area contributed by atoms with Crippen LogP contribution >= 0.6 is 0 Å². The van der Waals surface area contributed by atoms with Crippen LogP contribution in [0.1, 0.15) is 60.4 Å². The Hall–Kier alpha value is -3.45. The molecule has 0 fully saturated rings. The highest BCUT2D eigenvalue weighted by Crippen LogP contribution is 2.22. The van der Waals surface area contributed by atoms with E-state index in [9.17, 15) is 4.79 Å². The number of carbonyl (C=O) groups excluding carboxylic acids is 1. The van der Waals surface area contributed by atoms with Crippen LogP contribution in [0.5, 0.6) is 0 Å². The lowest BCUT2D eigenvalue weighted by atomic mass is 9.97. The van der Waals surface area contributed by atoms with Gasteiger partial charge in [-0.15, -0.1) is 0 Å². The summed E-state index contributed by atoms with van der Waals surface area (Å²) in [5.41, 5.74) is 5.70. The van der Waals surface area contributed by atoms with Crippen molar-refractivity contribution in [2.24, 2.45) is 0 Å². The molecule has 0 saturated carbocycles. The lowest BCUT2D eigenvalue weighted by Gasteiger charge is -2.12. The molecule has 148 valence electrons. The second kappa shape index (κ2) is 9.66. The fourth-order valence-corrected chi connectivity index (χ4v) is 3.20. The molecule has 4 heteroatoms. The molecular formula is C25H27N3O. The minimum atomic E-state index is -0.103. The quantitative estimate of drug-likeness (QED) is 0.599. The van der Waals surface area contributed by atoms with Gasteiger partial charge in [0.15, 0.2) is 0 Å². The van der Waals surface area contributed by atoms with Gasteiger partial charge in [-0.2, -0.15) is 0 Å². The van der Waals surface area contributed by atoms with E-state index in [2.05, 4.69) is 54.0 Å². The summed E-state index contributed by atoms with van der Waals surface area (Å²) in [6, 6.07) is 13.8. The van der Waals surface area contributed by atoms with Crippen LogP contribution in [-0.4, -0.2) is 15.9 Å². The Kier molecular flexibility index (Phi) is 6.76. The monoisotopic (exact) mass is 385 g/mol. The molecule has 0 unspecified atom stereocenters. The SMILES string of the molecule is Cc1cc(NC(=O)c2cccc(CCC#Cc3cnccn3)c2)ccc1C(C)C.[HH]. The summed E-state index contributed by atoms with van der Waals surface area (Å²) in [6.45, 7) is 6.42. The van der Waals surface area contributed by atoms with Gasteiger partial charge in [-0.05, 0) is 66.1 Å². The molecule has 2 aromatic carbocycles. The third-order valence-electron chi connectivity index (χ3n) is 4.66. The molecule has 1 aromatic heterocycles. The predicted molar refractivity (Wildman–Crippen MR) is 119 cm³/mol. The van der Waals surface area contributed by atoms with Crippen LogP contribution in [0.25, 0.3) is 0 Å². The minimum absolute atomic E-state index is 0. The van der Waals surface area contributed by atoms with E-state index < -0.39 is 0 Å².